The second-order valence-corrected chi connectivity index (χ2v) is 8.48. The van der Waals surface area contributed by atoms with Gasteiger partial charge in [0.2, 0.25) is 0 Å². The monoisotopic (exact) mass is 404 g/mol. The summed E-state index contributed by atoms with van der Waals surface area (Å²) in [7, 11) is -1.88. The fourth-order valence-electron chi connectivity index (χ4n) is 2.47. The molecule has 140 valence electrons. The summed E-state index contributed by atoms with van der Waals surface area (Å²) in [5, 5.41) is 8.59. The summed E-state index contributed by atoms with van der Waals surface area (Å²) in [5.41, 5.74) is 0.465. The normalized spacial score (nSPS) is 13.4. The topological polar surface area (TPSA) is 95.3 Å². The minimum absolute atomic E-state index is 0.115. The van der Waals surface area contributed by atoms with E-state index in [1.165, 1.54) is 23.9 Å². The first kappa shape index (κ1) is 17.7. The highest BCUT2D eigenvalue weighted by atomic mass is 32.2. The third kappa shape index (κ3) is 3.86. The molecule has 0 amide bonds. The molecule has 0 spiro atoms. The molecule has 4 rings (SSSR count). The molecule has 0 bridgehead atoms. The van der Waals surface area contributed by atoms with Crippen LogP contribution in [-0.4, -0.2) is 36.4 Å². The molecule has 0 saturated carbocycles. The van der Waals surface area contributed by atoms with Gasteiger partial charge >= 0.3 is 0 Å². The summed E-state index contributed by atoms with van der Waals surface area (Å²) in [6.07, 6.45) is 1.62. The van der Waals surface area contributed by atoms with Gasteiger partial charge in [-0.1, -0.05) is 0 Å². The molecule has 0 aliphatic carbocycles. The summed E-state index contributed by atoms with van der Waals surface area (Å²) in [5.74, 6) is 0.977. The van der Waals surface area contributed by atoms with Crippen LogP contribution in [0.25, 0.3) is 0 Å². The molecule has 10 heteroatoms. The molecule has 3 aromatic rings. The van der Waals surface area contributed by atoms with Crippen LogP contribution < -0.4 is 14.2 Å². The van der Waals surface area contributed by atoms with E-state index in [0.29, 0.717) is 30.4 Å². The van der Waals surface area contributed by atoms with E-state index >= 15 is 0 Å². The molecule has 1 aliphatic rings. The van der Waals surface area contributed by atoms with Crippen LogP contribution in [-0.2, 0) is 17.1 Å². The lowest BCUT2D eigenvalue weighted by atomic mass is 10.3. The van der Waals surface area contributed by atoms with Crippen LogP contribution in [0.2, 0.25) is 0 Å². The van der Waals surface area contributed by atoms with Crippen LogP contribution >= 0.6 is 11.8 Å². The van der Waals surface area contributed by atoms with E-state index in [2.05, 4.69) is 14.9 Å². The zero-order valence-corrected chi connectivity index (χ0v) is 16.0. The Kier molecular flexibility index (Phi) is 4.66. The molecular weight excluding hydrogens is 388 g/mol. The van der Waals surface area contributed by atoms with Gasteiger partial charge in [0.15, 0.2) is 16.7 Å². The maximum absolute atomic E-state index is 12.6. The van der Waals surface area contributed by atoms with E-state index in [1.807, 2.05) is 23.7 Å². The standard InChI is InChI=1S/C17H16N4O4S2/c1-21-11-18-19-17(21)26-13-4-2-12(3-5-13)20-27(22,23)14-6-7-15-16(10-14)25-9-8-24-15/h2-7,10-11,20H,8-9H2,1H3. The Labute approximate surface area is 160 Å². The Morgan fingerprint density at radius 1 is 1.07 bits per heavy atom. The van der Waals surface area contributed by atoms with E-state index in [-0.39, 0.29) is 4.90 Å². The molecule has 0 unspecified atom stereocenters. The molecule has 1 aromatic heterocycles. The Bertz CT molecular complexity index is 1060. The summed E-state index contributed by atoms with van der Waals surface area (Å²) < 4.78 is 40.5. The van der Waals surface area contributed by atoms with Crippen molar-refractivity contribution in [3.63, 3.8) is 0 Å². The first-order valence-corrected chi connectivity index (χ1v) is 10.4. The lowest BCUT2D eigenvalue weighted by molar-refractivity contribution is 0.171. The number of hydrogen-bond donors (Lipinski definition) is 1. The van der Waals surface area contributed by atoms with Crippen LogP contribution in [0.1, 0.15) is 0 Å². The van der Waals surface area contributed by atoms with Crippen molar-refractivity contribution < 1.29 is 17.9 Å². The number of benzene rings is 2. The van der Waals surface area contributed by atoms with E-state index in [9.17, 15) is 8.42 Å². The van der Waals surface area contributed by atoms with Gasteiger partial charge in [0.25, 0.3) is 10.0 Å². The number of fused-ring (bicyclic) bond motifs is 1. The summed E-state index contributed by atoms with van der Waals surface area (Å²) >= 11 is 1.44. The minimum atomic E-state index is -3.74. The Balaban J connectivity index is 1.50. The molecule has 27 heavy (non-hydrogen) atoms. The van der Waals surface area contributed by atoms with Gasteiger partial charge in [0, 0.05) is 23.7 Å². The first-order valence-electron chi connectivity index (χ1n) is 8.06. The van der Waals surface area contributed by atoms with Crippen molar-refractivity contribution in [1.29, 1.82) is 0 Å². The fourth-order valence-corrected chi connectivity index (χ4v) is 4.30. The van der Waals surface area contributed by atoms with E-state index in [4.69, 9.17) is 9.47 Å². The van der Waals surface area contributed by atoms with Crippen LogP contribution in [0.15, 0.2) is 63.7 Å². The van der Waals surface area contributed by atoms with Crippen molar-refractivity contribution in [1.82, 2.24) is 14.8 Å². The van der Waals surface area contributed by atoms with Gasteiger partial charge in [-0.2, -0.15) is 0 Å². The molecule has 0 saturated heterocycles. The zero-order chi connectivity index (χ0) is 18.9. The number of rotatable bonds is 5. The van der Waals surface area contributed by atoms with Crippen LogP contribution in [0, 0.1) is 0 Å². The van der Waals surface area contributed by atoms with Crippen molar-refractivity contribution in [2.75, 3.05) is 17.9 Å². The van der Waals surface area contributed by atoms with Gasteiger partial charge in [0.1, 0.15) is 19.5 Å². The molecule has 1 N–H and O–H groups in total. The Morgan fingerprint density at radius 2 is 1.81 bits per heavy atom. The van der Waals surface area contributed by atoms with Gasteiger partial charge in [-0.15, -0.1) is 10.2 Å². The van der Waals surface area contributed by atoms with E-state index in [1.54, 1.807) is 24.5 Å². The van der Waals surface area contributed by atoms with Crippen LogP contribution in [0.3, 0.4) is 0 Å². The highest BCUT2D eigenvalue weighted by Gasteiger charge is 2.19. The second kappa shape index (κ2) is 7.12. The van der Waals surface area contributed by atoms with Crippen molar-refractivity contribution in [3.8, 4) is 11.5 Å². The third-order valence-corrected chi connectivity index (χ3v) is 6.25. The molecule has 8 nitrogen and oxygen atoms in total. The molecule has 0 atom stereocenters. The largest absolute Gasteiger partial charge is 0.486 e. The van der Waals surface area contributed by atoms with Gasteiger partial charge in [-0.05, 0) is 48.2 Å². The average Bonchev–Trinajstić information content (AvgIpc) is 3.07. The maximum atomic E-state index is 12.6. The third-order valence-electron chi connectivity index (χ3n) is 3.81. The van der Waals surface area contributed by atoms with Gasteiger partial charge < -0.3 is 14.0 Å². The number of sulfonamides is 1. The van der Waals surface area contributed by atoms with Crippen molar-refractivity contribution in [2.45, 2.75) is 14.9 Å². The fraction of sp³-hybridized carbons (Fsp3) is 0.176. The molecular formula is C17H16N4O4S2. The molecule has 2 aromatic carbocycles. The Hall–Kier alpha value is -2.72. The minimum Gasteiger partial charge on any atom is -0.486 e. The Morgan fingerprint density at radius 3 is 2.52 bits per heavy atom. The van der Waals surface area contributed by atoms with E-state index < -0.39 is 10.0 Å². The smallest absolute Gasteiger partial charge is 0.262 e. The lowest BCUT2D eigenvalue weighted by Crippen LogP contribution is -2.17. The number of nitrogens with zero attached hydrogens (tertiary/aromatic N) is 3. The van der Waals surface area contributed by atoms with Gasteiger partial charge in [-0.3, -0.25) is 4.72 Å². The number of ether oxygens (including phenoxy) is 2. The molecule has 1 aliphatic heterocycles. The first-order chi connectivity index (χ1) is 13.0. The predicted molar refractivity (Wildman–Crippen MR) is 99.8 cm³/mol. The van der Waals surface area contributed by atoms with E-state index in [0.717, 1.165) is 10.1 Å². The number of nitrogens with one attached hydrogen (secondary N) is 1. The lowest BCUT2D eigenvalue weighted by Gasteiger charge is -2.19. The molecule has 0 radical (unpaired) electrons. The average molecular weight is 404 g/mol. The highest BCUT2D eigenvalue weighted by molar-refractivity contribution is 7.99. The van der Waals surface area contributed by atoms with Gasteiger partial charge in [0.05, 0.1) is 4.90 Å². The number of aryl methyl sites for hydroxylation is 1. The summed E-state index contributed by atoms with van der Waals surface area (Å²) in [6.45, 7) is 0.852. The molecule has 0 fully saturated rings. The highest BCUT2D eigenvalue weighted by Crippen LogP contribution is 2.33. The SMILES string of the molecule is Cn1cnnc1Sc1ccc(NS(=O)(=O)c2ccc3c(c2)OCCO3)cc1. The van der Waals surface area contributed by atoms with Crippen LogP contribution in [0.5, 0.6) is 11.5 Å². The maximum Gasteiger partial charge on any atom is 0.262 e. The number of aromatic nitrogens is 3. The quantitative estimate of drug-likeness (QED) is 0.698. The number of anilines is 1. The van der Waals surface area contributed by atoms with Crippen LogP contribution in [0.4, 0.5) is 5.69 Å². The second-order valence-electron chi connectivity index (χ2n) is 5.76. The molecule has 2 heterocycles. The summed E-state index contributed by atoms with van der Waals surface area (Å²) in [6, 6.07) is 11.6. The van der Waals surface area contributed by atoms with Crippen molar-refractivity contribution in [2.24, 2.45) is 7.05 Å². The predicted octanol–water partition coefficient (Wildman–Crippen LogP) is 2.54. The van der Waals surface area contributed by atoms with Gasteiger partial charge in [-0.25, -0.2) is 8.42 Å². The van der Waals surface area contributed by atoms with Crippen molar-refractivity contribution in [3.05, 3.63) is 48.8 Å². The number of hydrogen-bond acceptors (Lipinski definition) is 7. The zero-order valence-electron chi connectivity index (χ0n) is 14.3. The summed E-state index contributed by atoms with van der Waals surface area (Å²) in [4.78, 5) is 1.04. The van der Waals surface area contributed by atoms with Crippen molar-refractivity contribution >= 4 is 27.5 Å².